The molecule has 1 aromatic carbocycles. The van der Waals surface area contributed by atoms with Crippen molar-refractivity contribution in [3.05, 3.63) is 34.9 Å². The van der Waals surface area contributed by atoms with Gasteiger partial charge in [-0.1, -0.05) is 17.9 Å². The lowest BCUT2D eigenvalue weighted by atomic mass is 10.0. The van der Waals surface area contributed by atoms with Crippen LogP contribution in [0.4, 0.5) is 0 Å². The van der Waals surface area contributed by atoms with Crippen LogP contribution in [-0.4, -0.2) is 36.9 Å². The average molecular weight is 275 g/mol. The lowest BCUT2D eigenvalue weighted by Crippen LogP contribution is -2.32. The zero-order chi connectivity index (χ0) is 15.0. The monoisotopic (exact) mass is 275 g/mol. The lowest BCUT2D eigenvalue weighted by molar-refractivity contribution is 0.0695. The summed E-state index contributed by atoms with van der Waals surface area (Å²) in [6.45, 7) is 6.59. The van der Waals surface area contributed by atoms with Gasteiger partial charge in [0.25, 0.3) is 5.91 Å². The average Bonchev–Trinajstić information content (AvgIpc) is 2.44. The highest BCUT2D eigenvalue weighted by molar-refractivity contribution is 5.96. The predicted octanol–water partition coefficient (Wildman–Crippen LogP) is 1.49. The van der Waals surface area contributed by atoms with Crippen molar-refractivity contribution < 1.29 is 14.6 Å². The van der Waals surface area contributed by atoms with Crippen molar-refractivity contribution in [2.45, 2.75) is 26.9 Å². The molecule has 108 valence electrons. The number of carbonyl (C=O) groups excluding carboxylic acids is 1. The first kappa shape index (κ1) is 16.2. The third-order valence-corrected chi connectivity index (χ3v) is 2.88. The third-order valence-electron chi connectivity index (χ3n) is 2.88. The summed E-state index contributed by atoms with van der Waals surface area (Å²) in [5, 5.41) is 11.6. The molecule has 0 saturated heterocycles. The Morgan fingerprint density at radius 1 is 1.50 bits per heavy atom. The van der Waals surface area contributed by atoms with Crippen LogP contribution in [0.15, 0.2) is 18.2 Å². The topological polar surface area (TPSA) is 58.6 Å². The molecule has 0 heterocycles. The van der Waals surface area contributed by atoms with Crippen molar-refractivity contribution in [1.29, 1.82) is 0 Å². The Morgan fingerprint density at radius 3 is 2.90 bits per heavy atom. The highest BCUT2D eigenvalue weighted by Gasteiger charge is 2.11. The Balaban J connectivity index is 2.78. The van der Waals surface area contributed by atoms with Crippen molar-refractivity contribution >= 4 is 5.91 Å². The van der Waals surface area contributed by atoms with Gasteiger partial charge in [0.15, 0.2) is 0 Å². The van der Waals surface area contributed by atoms with Crippen molar-refractivity contribution in [2.24, 2.45) is 0 Å². The number of rotatable bonds is 5. The molecule has 0 radical (unpaired) electrons. The van der Waals surface area contributed by atoms with E-state index in [9.17, 15) is 4.79 Å². The van der Waals surface area contributed by atoms with Crippen LogP contribution in [-0.2, 0) is 4.74 Å². The molecular formula is C16H21NO3. The molecule has 2 N–H and O–H groups in total. The fourth-order valence-corrected chi connectivity index (χ4v) is 1.83. The zero-order valence-electron chi connectivity index (χ0n) is 12.2. The number of amides is 1. The summed E-state index contributed by atoms with van der Waals surface area (Å²) in [7, 11) is 0. The number of hydrogen-bond donors (Lipinski definition) is 2. The Labute approximate surface area is 120 Å². The Bertz CT molecular complexity index is 514. The van der Waals surface area contributed by atoms with Crippen LogP contribution in [0.1, 0.15) is 35.3 Å². The molecule has 0 fully saturated rings. The fraction of sp³-hybridized carbons (Fsp3) is 0.438. The van der Waals surface area contributed by atoms with Crippen molar-refractivity contribution in [3.8, 4) is 11.8 Å². The van der Waals surface area contributed by atoms with E-state index in [1.54, 1.807) is 12.1 Å². The summed E-state index contributed by atoms with van der Waals surface area (Å²) in [5.74, 6) is 5.29. The first-order valence-electron chi connectivity index (χ1n) is 6.69. The van der Waals surface area contributed by atoms with Crippen LogP contribution in [0.3, 0.4) is 0 Å². The van der Waals surface area contributed by atoms with E-state index in [-0.39, 0.29) is 18.6 Å². The van der Waals surface area contributed by atoms with Gasteiger partial charge in [0.1, 0.15) is 6.61 Å². The van der Waals surface area contributed by atoms with Gasteiger partial charge in [0.2, 0.25) is 0 Å². The number of aliphatic hydroxyl groups excluding tert-OH is 1. The van der Waals surface area contributed by atoms with Gasteiger partial charge in [-0.15, -0.1) is 0 Å². The molecule has 20 heavy (non-hydrogen) atoms. The van der Waals surface area contributed by atoms with E-state index in [4.69, 9.17) is 9.84 Å². The number of carbonyl (C=O) groups is 1. The van der Waals surface area contributed by atoms with Crippen LogP contribution in [0, 0.1) is 18.8 Å². The quantitative estimate of drug-likeness (QED) is 0.801. The van der Waals surface area contributed by atoms with E-state index in [1.807, 2.05) is 26.8 Å². The first-order chi connectivity index (χ1) is 9.60. The van der Waals surface area contributed by atoms with Gasteiger partial charge in [0, 0.05) is 24.3 Å². The highest BCUT2D eigenvalue weighted by atomic mass is 16.5. The summed E-state index contributed by atoms with van der Waals surface area (Å²) >= 11 is 0. The molecule has 0 spiro atoms. The van der Waals surface area contributed by atoms with Gasteiger partial charge < -0.3 is 15.2 Å². The van der Waals surface area contributed by atoms with E-state index in [0.29, 0.717) is 18.7 Å². The van der Waals surface area contributed by atoms with Crippen molar-refractivity contribution in [1.82, 2.24) is 5.32 Å². The molecule has 0 aliphatic heterocycles. The largest absolute Gasteiger partial charge is 0.384 e. The second-order valence-electron chi connectivity index (χ2n) is 4.41. The van der Waals surface area contributed by atoms with Crippen LogP contribution in [0.25, 0.3) is 0 Å². The predicted molar refractivity (Wildman–Crippen MR) is 78.6 cm³/mol. The van der Waals surface area contributed by atoms with Crippen LogP contribution in [0.5, 0.6) is 0 Å². The van der Waals surface area contributed by atoms with Gasteiger partial charge in [-0.25, -0.2) is 0 Å². The van der Waals surface area contributed by atoms with Gasteiger partial charge in [0.05, 0.1) is 6.10 Å². The molecule has 0 aliphatic carbocycles. The molecule has 1 rings (SSSR count). The standard InChI is InChI=1S/C16H21NO3/c1-4-20-12(2)11-17-16(19)15-9-5-7-14(13(15)3)8-6-10-18/h5,7,9,12,18H,4,10-11H2,1-3H3,(H,17,19). The molecule has 1 amide bonds. The van der Waals surface area contributed by atoms with E-state index < -0.39 is 0 Å². The summed E-state index contributed by atoms with van der Waals surface area (Å²) in [4.78, 5) is 12.1. The van der Waals surface area contributed by atoms with E-state index in [0.717, 1.165) is 11.1 Å². The van der Waals surface area contributed by atoms with E-state index in [2.05, 4.69) is 17.2 Å². The smallest absolute Gasteiger partial charge is 0.251 e. The molecule has 4 heteroatoms. The summed E-state index contributed by atoms with van der Waals surface area (Å²) in [6.07, 6.45) is -0.0124. The number of aliphatic hydroxyl groups is 1. The lowest BCUT2D eigenvalue weighted by Gasteiger charge is -2.13. The molecule has 1 unspecified atom stereocenters. The molecular weight excluding hydrogens is 254 g/mol. The normalized spacial score (nSPS) is 11.4. The Morgan fingerprint density at radius 2 is 2.25 bits per heavy atom. The minimum Gasteiger partial charge on any atom is -0.384 e. The molecule has 0 aromatic heterocycles. The number of ether oxygens (including phenoxy) is 1. The van der Waals surface area contributed by atoms with E-state index in [1.165, 1.54) is 0 Å². The summed E-state index contributed by atoms with van der Waals surface area (Å²) in [6, 6.07) is 5.38. The molecule has 0 saturated carbocycles. The molecule has 4 nitrogen and oxygen atoms in total. The number of hydrogen-bond acceptors (Lipinski definition) is 3. The maximum absolute atomic E-state index is 12.1. The van der Waals surface area contributed by atoms with Gasteiger partial charge in [-0.3, -0.25) is 4.79 Å². The highest BCUT2D eigenvalue weighted by Crippen LogP contribution is 2.12. The summed E-state index contributed by atoms with van der Waals surface area (Å²) < 4.78 is 5.37. The van der Waals surface area contributed by atoms with Crippen LogP contribution < -0.4 is 5.32 Å². The Hall–Kier alpha value is -1.83. The second kappa shape index (κ2) is 8.36. The number of nitrogens with one attached hydrogen (secondary N) is 1. The van der Waals surface area contributed by atoms with Crippen LogP contribution in [0.2, 0.25) is 0 Å². The maximum atomic E-state index is 12.1. The van der Waals surface area contributed by atoms with E-state index >= 15 is 0 Å². The maximum Gasteiger partial charge on any atom is 0.251 e. The molecule has 1 atom stereocenters. The van der Waals surface area contributed by atoms with Crippen molar-refractivity contribution in [3.63, 3.8) is 0 Å². The van der Waals surface area contributed by atoms with Crippen LogP contribution >= 0.6 is 0 Å². The Kier molecular flexibility index (Phi) is 6.78. The minimum atomic E-state index is -0.193. The third kappa shape index (κ3) is 4.69. The van der Waals surface area contributed by atoms with Gasteiger partial charge in [-0.2, -0.15) is 0 Å². The second-order valence-corrected chi connectivity index (χ2v) is 4.41. The fourth-order valence-electron chi connectivity index (χ4n) is 1.83. The summed E-state index contributed by atoms with van der Waals surface area (Å²) in [5.41, 5.74) is 2.16. The molecule has 1 aromatic rings. The molecule has 0 bridgehead atoms. The zero-order valence-corrected chi connectivity index (χ0v) is 12.2. The number of benzene rings is 1. The van der Waals surface area contributed by atoms with Gasteiger partial charge >= 0.3 is 0 Å². The molecule has 0 aliphatic rings. The van der Waals surface area contributed by atoms with Crippen molar-refractivity contribution in [2.75, 3.05) is 19.8 Å². The SMILES string of the molecule is CCOC(C)CNC(=O)c1cccc(C#CCO)c1C. The minimum absolute atomic E-state index is 0.0124. The first-order valence-corrected chi connectivity index (χ1v) is 6.69. The van der Waals surface area contributed by atoms with Gasteiger partial charge in [-0.05, 0) is 38.5 Å².